The van der Waals surface area contributed by atoms with Crippen molar-refractivity contribution in [1.29, 1.82) is 0 Å². The summed E-state index contributed by atoms with van der Waals surface area (Å²) in [4.78, 5) is 23.9. The molecule has 2 aliphatic heterocycles. The highest BCUT2D eigenvalue weighted by Gasteiger charge is 2.48. The molecule has 2 unspecified atom stereocenters. The molecule has 10 heteroatoms. The van der Waals surface area contributed by atoms with Gasteiger partial charge in [-0.3, -0.25) is 0 Å². The van der Waals surface area contributed by atoms with E-state index in [1.165, 1.54) is 0 Å². The summed E-state index contributed by atoms with van der Waals surface area (Å²) in [6, 6.07) is 1.69. The molecular weight excluding hydrogens is 352 g/mol. The number of hydrogen-bond donors (Lipinski definition) is 4. The topological polar surface area (TPSA) is 152 Å². The quantitative estimate of drug-likeness (QED) is 0.445. The molecule has 2 atom stereocenters. The SMILES string of the molecule is CC1(C)OCC(C2OC(=O)C(O)=C2OC(=O)c2cc(O)c(O)c(O)c2)O1. The molecule has 26 heavy (non-hydrogen) atoms. The van der Waals surface area contributed by atoms with Crippen molar-refractivity contribution in [1.82, 2.24) is 0 Å². The molecular formula is C16H16O10. The van der Waals surface area contributed by atoms with Gasteiger partial charge in [0, 0.05) is 0 Å². The highest BCUT2D eigenvalue weighted by atomic mass is 16.8. The molecule has 140 valence electrons. The first-order valence-electron chi connectivity index (χ1n) is 7.52. The third-order valence-corrected chi connectivity index (χ3v) is 3.80. The summed E-state index contributed by atoms with van der Waals surface area (Å²) < 4.78 is 20.9. The number of phenols is 3. The minimum Gasteiger partial charge on any atom is -0.504 e. The Morgan fingerprint density at radius 1 is 1.19 bits per heavy atom. The Morgan fingerprint density at radius 2 is 1.81 bits per heavy atom. The number of benzene rings is 1. The first-order valence-corrected chi connectivity index (χ1v) is 7.52. The number of aliphatic hydroxyl groups is 1. The summed E-state index contributed by atoms with van der Waals surface area (Å²) in [6.45, 7) is 3.31. The predicted molar refractivity (Wildman–Crippen MR) is 81.3 cm³/mol. The van der Waals surface area contributed by atoms with E-state index < -0.39 is 58.7 Å². The summed E-state index contributed by atoms with van der Waals surface area (Å²) in [7, 11) is 0. The largest absolute Gasteiger partial charge is 0.504 e. The van der Waals surface area contributed by atoms with Crippen LogP contribution in [0.3, 0.4) is 0 Å². The number of hydrogen-bond acceptors (Lipinski definition) is 10. The van der Waals surface area contributed by atoms with E-state index in [-0.39, 0.29) is 12.2 Å². The first kappa shape index (κ1) is 17.8. The third-order valence-electron chi connectivity index (χ3n) is 3.80. The lowest BCUT2D eigenvalue weighted by molar-refractivity contribution is -0.163. The molecule has 0 spiro atoms. The predicted octanol–water partition coefficient (Wildman–Crippen LogP) is 0.807. The Labute approximate surface area is 146 Å². The van der Waals surface area contributed by atoms with Gasteiger partial charge in [-0.1, -0.05) is 0 Å². The van der Waals surface area contributed by atoms with Crippen molar-refractivity contribution < 1.29 is 49.0 Å². The zero-order valence-electron chi connectivity index (χ0n) is 13.8. The maximum atomic E-state index is 12.2. The fourth-order valence-electron chi connectivity index (χ4n) is 2.56. The number of aromatic hydroxyl groups is 3. The second-order valence-corrected chi connectivity index (χ2v) is 6.16. The zero-order chi connectivity index (χ0) is 19.2. The molecule has 3 rings (SSSR count). The van der Waals surface area contributed by atoms with Crippen LogP contribution in [-0.4, -0.2) is 57.0 Å². The maximum Gasteiger partial charge on any atom is 0.378 e. The van der Waals surface area contributed by atoms with Crippen LogP contribution in [-0.2, 0) is 23.7 Å². The highest BCUT2D eigenvalue weighted by Crippen LogP contribution is 2.37. The number of rotatable bonds is 3. The van der Waals surface area contributed by atoms with E-state index in [1.54, 1.807) is 13.8 Å². The molecule has 0 aliphatic carbocycles. The van der Waals surface area contributed by atoms with Crippen LogP contribution in [0.5, 0.6) is 17.2 Å². The van der Waals surface area contributed by atoms with Crippen molar-refractivity contribution in [2.75, 3.05) is 6.61 Å². The third kappa shape index (κ3) is 3.11. The van der Waals surface area contributed by atoms with E-state index in [1.807, 2.05) is 0 Å². The van der Waals surface area contributed by atoms with Gasteiger partial charge in [0.25, 0.3) is 0 Å². The second-order valence-electron chi connectivity index (χ2n) is 6.16. The van der Waals surface area contributed by atoms with Crippen LogP contribution in [0.1, 0.15) is 24.2 Å². The lowest BCUT2D eigenvalue weighted by Crippen LogP contribution is -2.34. The minimum absolute atomic E-state index is 0.0278. The molecule has 2 heterocycles. The smallest absolute Gasteiger partial charge is 0.378 e. The van der Waals surface area contributed by atoms with Gasteiger partial charge in [-0.15, -0.1) is 0 Å². The van der Waals surface area contributed by atoms with E-state index in [2.05, 4.69) is 0 Å². The summed E-state index contributed by atoms with van der Waals surface area (Å²) >= 11 is 0. The van der Waals surface area contributed by atoms with Crippen LogP contribution in [0, 0.1) is 0 Å². The molecule has 0 aromatic heterocycles. The highest BCUT2D eigenvalue weighted by molar-refractivity contribution is 5.94. The Balaban J connectivity index is 1.84. The van der Waals surface area contributed by atoms with Gasteiger partial charge in [-0.05, 0) is 26.0 Å². The average Bonchev–Trinajstić information content (AvgIpc) is 3.06. The number of carbonyl (C=O) groups excluding carboxylic acids is 2. The van der Waals surface area contributed by atoms with Crippen molar-refractivity contribution in [3.63, 3.8) is 0 Å². The zero-order valence-corrected chi connectivity index (χ0v) is 13.8. The number of esters is 2. The molecule has 1 aromatic rings. The molecule has 0 radical (unpaired) electrons. The van der Waals surface area contributed by atoms with Crippen LogP contribution in [0.4, 0.5) is 0 Å². The molecule has 0 bridgehead atoms. The van der Waals surface area contributed by atoms with E-state index in [0.717, 1.165) is 12.1 Å². The number of phenolic OH excluding ortho intramolecular Hbond substituents is 3. The van der Waals surface area contributed by atoms with Crippen LogP contribution < -0.4 is 0 Å². The normalized spacial score (nSPS) is 24.6. The minimum atomic E-state index is -1.22. The number of carbonyl (C=O) groups is 2. The molecule has 1 saturated heterocycles. The standard InChI is InChI=1S/C16H16O10/c1-16(2)23-5-9(26-16)12-13(11(20)15(22)24-12)25-14(21)6-3-7(17)10(19)8(18)4-6/h3-4,9,12,17-20H,5H2,1-2H3. The van der Waals surface area contributed by atoms with Crippen molar-refractivity contribution >= 4 is 11.9 Å². The fourth-order valence-corrected chi connectivity index (χ4v) is 2.56. The second kappa shape index (κ2) is 6.07. The van der Waals surface area contributed by atoms with Gasteiger partial charge in [0.2, 0.25) is 11.5 Å². The van der Waals surface area contributed by atoms with Crippen LogP contribution >= 0.6 is 0 Å². The average molecular weight is 368 g/mol. The van der Waals surface area contributed by atoms with E-state index in [0.29, 0.717) is 0 Å². The van der Waals surface area contributed by atoms with Crippen LogP contribution in [0.25, 0.3) is 0 Å². The van der Waals surface area contributed by atoms with Gasteiger partial charge < -0.3 is 39.4 Å². The van der Waals surface area contributed by atoms with Crippen LogP contribution in [0.2, 0.25) is 0 Å². The monoisotopic (exact) mass is 368 g/mol. The number of ether oxygens (including phenoxy) is 4. The van der Waals surface area contributed by atoms with Crippen molar-refractivity contribution in [3.05, 3.63) is 29.2 Å². The van der Waals surface area contributed by atoms with Crippen molar-refractivity contribution in [2.45, 2.75) is 31.8 Å². The fraction of sp³-hybridized carbons (Fsp3) is 0.375. The van der Waals surface area contributed by atoms with Gasteiger partial charge >= 0.3 is 11.9 Å². The Kier molecular flexibility index (Phi) is 4.17. The Hall–Kier alpha value is -2.98. The molecule has 0 saturated carbocycles. The van der Waals surface area contributed by atoms with Crippen molar-refractivity contribution in [2.24, 2.45) is 0 Å². The van der Waals surface area contributed by atoms with E-state index in [9.17, 15) is 30.0 Å². The van der Waals surface area contributed by atoms with Crippen molar-refractivity contribution in [3.8, 4) is 17.2 Å². The summed E-state index contributed by atoms with van der Waals surface area (Å²) in [6.07, 6.45) is -2.03. The number of cyclic esters (lactones) is 1. The maximum absolute atomic E-state index is 12.2. The Morgan fingerprint density at radius 3 is 2.35 bits per heavy atom. The summed E-state index contributed by atoms with van der Waals surface area (Å²) in [5.74, 6) is -6.83. The summed E-state index contributed by atoms with van der Waals surface area (Å²) in [5.41, 5.74) is -0.333. The van der Waals surface area contributed by atoms with Gasteiger partial charge in [-0.25, -0.2) is 9.59 Å². The molecule has 10 nitrogen and oxygen atoms in total. The molecule has 4 N–H and O–H groups in total. The molecule has 1 aromatic carbocycles. The summed E-state index contributed by atoms with van der Waals surface area (Å²) in [5, 5.41) is 38.1. The lowest BCUT2D eigenvalue weighted by atomic mass is 10.1. The first-order chi connectivity index (χ1) is 12.1. The van der Waals surface area contributed by atoms with Gasteiger partial charge in [-0.2, -0.15) is 0 Å². The van der Waals surface area contributed by atoms with E-state index >= 15 is 0 Å². The van der Waals surface area contributed by atoms with Gasteiger partial charge in [0.05, 0.1) is 12.2 Å². The number of aliphatic hydroxyl groups excluding tert-OH is 1. The van der Waals surface area contributed by atoms with Gasteiger partial charge in [0.15, 0.2) is 29.1 Å². The van der Waals surface area contributed by atoms with E-state index in [4.69, 9.17) is 18.9 Å². The molecule has 0 amide bonds. The Bertz CT molecular complexity index is 786. The molecule has 2 aliphatic rings. The van der Waals surface area contributed by atoms with Crippen LogP contribution in [0.15, 0.2) is 23.7 Å². The van der Waals surface area contributed by atoms with Gasteiger partial charge in [0.1, 0.15) is 6.10 Å². The molecule has 1 fully saturated rings. The lowest BCUT2D eigenvalue weighted by Gasteiger charge is -2.21.